The first kappa shape index (κ1) is 11.1. The van der Waals surface area contributed by atoms with Gasteiger partial charge in [-0.15, -0.1) is 0 Å². The lowest BCUT2D eigenvalue weighted by molar-refractivity contribution is -0.152. The number of nitrogens with zero attached hydrogens (tertiary/aromatic N) is 2. The first-order valence-electron chi connectivity index (χ1n) is 5.45. The van der Waals surface area contributed by atoms with Crippen LogP contribution in [-0.4, -0.2) is 35.5 Å². The Bertz CT molecular complexity index is 392. The van der Waals surface area contributed by atoms with Gasteiger partial charge in [0.15, 0.2) is 0 Å². The van der Waals surface area contributed by atoms with Crippen molar-refractivity contribution in [3.8, 4) is 0 Å². The van der Waals surface area contributed by atoms with Crippen molar-refractivity contribution in [2.75, 3.05) is 13.7 Å². The summed E-state index contributed by atoms with van der Waals surface area (Å²) in [6, 6.07) is 5.87. The van der Waals surface area contributed by atoms with Gasteiger partial charge in [-0.3, -0.25) is 14.7 Å². The summed E-state index contributed by atoms with van der Waals surface area (Å²) < 4.78 is 4.74. The van der Waals surface area contributed by atoms with Crippen molar-refractivity contribution in [3.05, 3.63) is 29.6 Å². The maximum absolute atomic E-state index is 11.4. The Morgan fingerprint density at radius 3 is 3.00 bits per heavy atom. The van der Waals surface area contributed by atoms with Crippen molar-refractivity contribution < 1.29 is 9.53 Å². The third-order valence-corrected chi connectivity index (χ3v) is 2.91. The van der Waals surface area contributed by atoms with E-state index in [2.05, 4.69) is 9.88 Å². The standard InChI is InChI=1S/C12H16N2O2/c1-9-4-3-5-10(13-9)8-14-7-6-11(14)12(15)16-2/h3-5,11H,6-8H2,1-2H3. The molecule has 1 aliphatic rings. The van der Waals surface area contributed by atoms with Crippen LogP contribution in [0.5, 0.6) is 0 Å². The highest BCUT2D eigenvalue weighted by atomic mass is 16.5. The van der Waals surface area contributed by atoms with E-state index in [1.54, 1.807) is 0 Å². The predicted octanol–water partition coefficient (Wildman–Crippen LogP) is 1.14. The Labute approximate surface area is 95.2 Å². The van der Waals surface area contributed by atoms with Crippen molar-refractivity contribution in [2.45, 2.75) is 25.9 Å². The van der Waals surface area contributed by atoms with E-state index in [9.17, 15) is 4.79 Å². The Hall–Kier alpha value is -1.42. The lowest BCUT2D eigenvalue weighted by Crippen LogP contribution is -2.52. The van der Waals surface area contributed by atoms with Gasteiger partial charge in [-0.2, -0.15) is 0 Å². The van der Waals surface area contributed by atoms with E-state index >= 15 is 0 Å². The molecule has 1 aromatic heterocycles. The minimum Gasteiger partial charge on any atom is -0.468 e. The molecular formula is C12H16N2O2. The number of aromatic nitrogens is 1. The van der Waals surface area contributed by atoms with Gasteiger partial charge >= 0.3 is 5.97 Å². The summed E-state index contributed by atoms with van der Waals surface area (Å²) in [6.07, 6.45) is 0.887. The molecule has 2 rings (SSSR count). The van der Waals surface area contributed by atoms with E-state index in [1.165, 1.54) is 7.11 Å². The van der Waals surface area contributed by atoms with E-state index in [1.807, 2.05) is 25.1 Å². The molecule has 2 heterocycles. The molecule has 0 spiro atoms. The van der Waals surface area contributed by atoms with E-state index in [4.69, 9.17) is 4.74 Å². The van der Waals surface area contributed by atoms with Crippen LogP contribution >= 0.6 is 0 Å². The quantitative estimate of drug-likeness (QED) is 0.716. The van der Waals surface area contributed by atoms with Gasteiger partial charge in [0.2, 0.25) is 0 Å². The second kappa shape index (κ2) is 4.61. The number of aryl methyl sites for hydroxylation is 1. The number of hydrogen-bond donors (Lipinski definition) is 0. The molecule has 16 heavy (non-hydrogen) atoms. The van der Waals surface area contributed by atoms with Crippen LogP contribution in [0.1, 0.15) is 17.8 Å². The number of methoxy groups -OCH3 is 1. The minimum atomic E-state index is -0.140. The van der Waals surface area contributed by atoms with Crippen LogP contribution in [0, 0.1) is 6.92 Å². The fourth-order valence-corrected chi connectivity index (χ4v) is 1.93. The number of pyridine rings is 1. The van der Waals surface area contributed by atoms with Gasteiger partial charge in [0, 0.05) is 18.8 Å². The van der Waals surface area contributed by atoms with E-state index in [0.29, 0.717) is 0 Å². The zero-order valence-electron chi connectivity index (χ0n) is 9.64. The molecule has 4 heteroatoms. The molecule has 1 unspecified atom stereocenters. The molecule has 86 valence electrons. The average Bonchev–Trinajstić information content (AvgIpc) is 2.24. The fraction of sp³-hybridized carbons (Fsp3) is 0.500. The summed E-state index contributed by atoms with van der Waals surface area (Å²) in [5.74, 6) is -0.140. The summed E-state index contributed by atoms with van der Waals surface area (Å²) in [5, 5.41) is 0. The van der Waals surface area contributed by atoms with Crippen LogP contribution in [0.25, 0.3) is 0 Å². The minimum absolute atomic E-state index is 0.0766. The monoisotopic (exact) mass is 220 g/mol. The SMILES string of the molecule is COC(=O)C1CCN1Cc1cccc(C)n1. The Kier molecular flexibility index (Phi) is 3.19. The van der Waals surface area contributed by atoms with Crippen LogP contribution in [-0.2, 0) is 16.1 Å². The van der Waals surface area contributed by atoms with Gasteiger partial charge in [0.05, 0.1) is 12.8 Å². The molecule has 4 nitrogen and oxygen atoms in total. The highest BCUT2D eigenvalue weighted by molar-refractivity contribution is 5.76. The Balaban J connectivity index is 1.98. The second-order valence-corrected chi connectivity index (χ2v) is 4.07. The van der Waals surface area contributed by atoms with Gasteiger partial charge in [-0.25, -0.2) is 0 Å². The van der Waals surface area contributed by atoms with Gasteiger partial charge in [0.25, 0.3) is 0 Å². The third-order valence-electron chi connectivity index (χ3n) is 2.91. The van der Waals surface area contributed by atoms with Crippen LogP contribution < -0.4 is 0 Å². The molecule has 0 aliphatic carbocycles. The largest absolute Gasteiger partial charge is 0.468 e. The summed E-state index contributed by atoms with van der Waals surface area (Å²) in [6.45, 7) is 3.63. The first-order chi connectivity index (χ1) is 7.70. The van der Waals surface area contributed by atoms with E-state index < -0.39 is 0 Å². The molecule has 0 aromatic carbocycles. The lowest BCUT2D eigenvalue weighted by Gasteiger charge is -2.38. The van der Waals surface area contributed by atoms with E-state index in [0.717, 1.165) is 30.9 Å². The highest BCUT2D eigenvalue weighted by Gasteiger charge is 2.34. The van der Waals surface area contributed by atoms with Gasteiger partial charge < -0.3 is 4.74 Å². The van der Waals surface area contributed by atoms with Crippen molar-refractivity contribution in [3.63, 3.8) is 0 Å². The molecule has 0 saturated carbocycles. The average molecular weight is 220 g/mol. The lowest BCUT2D eigenvalue weighted by atomic mass is 10.0. The molecule has 0 radical (unpaired) electrons. The maximum atomic E-state index is 11.4. The molecule has 0 N–H and O–H groups in total. The molecule has 0 bridgehead atoms. The summed E-state index contributed by atoms with van der Waals surface area (Å²) >= 11 is 0. The number of rotatable bonds is 3. The highest BCUT2D eigenvalue weighted by Crippen LogP contribution is 2.20. The fourth-order valence-electron chi connectivity index (χ4n) is 1.93. The zero-order chi connectivity index (χ0) is 11.5. The smallest absolute Gasteiger partial charge is 0.323 e. The van der Waals surface area contributed by atoms with Crippen molar-refractivity contribution in [1.82, 2.24) is 9.88 Å². The Morgan fingerprint density at radius 1 is 1.62 bits per heavy atom. The Morgan fingerprint density at radius 2 is 2.44 bits per heavy atom. The van der Waals surface area contributed by atoms with Crippen molar-refractivity contribution >= 4 is 5.97 Å². The van der Waals surface area contributed by atoms with Crippen molar-refractivity contribution in [2.24, 2.45) is 0 Å². The molecule has 1 aliphatic heterocycles. The summed E-state index contributed by atoms with van der Waals surface area (Å²) in [5.41, 5.74) is 2.02. The molecule has 1 saturated heterocycles. The zero-order valence-corrected chi connectivity index (χ0v) is 9.64. The van der Waals surface area contributed by atoms with Crippen LogP contribution in [0.2, 0.25) is 0 Å². The number of carbonyl (C=O) groups excluding carboxylic acids is 1. The molecule has 0 amide bonds. The van der Waals surface area contributed by atoms with Gasteiger partial charge in [-0.1, -0.05) is 6.07 Å². The van der Waals surface area contributed by atoms with Crippen LogP contribution in [0.4, 0.5) is 0 Å². The van der Waals surface area contributed by atoms with Gasteiger partial charge in [-0.05, 0) is 25.5 Å². The van der Waals surface area contributed by atoms with Crippen molar-refractivity contribution in [1.29, 1.82) is 0 Å². The number of hydrogen-bond acceptors (Lipinski definition) is 4. The third kappa shape index (κ3) is 2.22. The normalized spacial score (nSPS) is 20.2. The molecule has 1 fully saturated rings. The predicted molar refractivity (Wildman–Crippen MR) is 59.8 cm³/mol. The van der Waals surface area contributed by atoms with Crippen LogP contribution in [0.15, 0.2) is 18.2 Å². The first-order valence-corrected chi connectivity index (χ1v) is 5.45. The van der Waals surface area contributed by atoms with Gasteiger partial charge in [0.1, 0.15) is 6.04 Å². The second-order valence-electron chi connectivity index (χ2n) is 4.07. The summed E-state index contributed by atoms with van der Waals surface area (Å²) in [7, 11) is 1.43. The molecule has 1 atom stereocenters. The number of likely N-dealkylation sites (tertiary alicyclic amines) is 1. The van der Waals surface area contributed by atoms with E-state index in [-0.39, 0.29) is 12.0 Å². The summed E-state index contributed by atoms with van der Waals surface area (Å²) in [4.78, 5) is 17.9. The number of carbonyl (C=O) groups is 1. The van der Waals surface area contributed by atoms with Crippen LogP contribution in [0.3, 0.4) is 0 Å². The number of ether oxygens (including phenoxy) is 1. The molecular weight excluding hydrogens is 204 g/mol. The topological polar surface area (TPSA) is 42.4 Å². The molecule has 1 aromatic rings. The maximum Gasteiger partial charge on any atom is 0.323 e. The number of esters is 1.